The van der Waals surface area contributed by atoms with Crippen LogP contribution in [0.4, 0.5) is 5.69 Å². The van der Waals surface area contributed by atoms with Gasteiger partial charge in [0.15, 0.2) is 0 Å². The third-order valence-corrected chi connectivity index (χ3v) is 2.41. The second kappa shape index (κ2) is 4.16. The molecule has 4 nitrogen and oxygen atoms in total. The van der Waals surface area contributed by atoms with Crippen molar-refractivity contribution in [3.63, 3.8) is 0 Å². The van der Waals surface area contributed by atoms with Crippen LogP contribution in [0.15, 0.2) is 18.2 Å². The summed E-state index contributed by atoms with van der Waals surface area (Å²) < 4.78 is 24.3. The molecule has 14 heavy (non-hydrogen) atoms. The van der Waals surface area contributed by atoms with Crippen LogP contribution in [0.3, 0.4) is 0 Å². The van der Waals surface area contributed by atoms with Crippen molar-refractivity contribution in [3.05, 3.63) is 28.8 Å². The maximum Gasteiger partial charge on any atom is 0.229 e. The maximum atomic E-state index is 11.0. The molecule has 0 radical (unpaired) electrons. The molecule has 0 saturated carbocycles. The zero-order chi connectivity index (χ0) is 10.8. The molecule has 1 aromatic rings. The fourth-order valence-electron chi connectivity index (χ4n) is 1.03. The van der Waals surface area contributed by atoms with Crippen molar-refractivity contribution >= 4 is 27.3 Å². The first-order chi connectivity index (χ1) is 6.42. The Morgan fingerprint density at radius 1 is 1.50 bits per heavy atom. The highest BCUT2D eigenvalue weighted by atomic mass is 35.5. The van der Waals surface area contributed by atoms with Crippen LogP contribution in [0.5, 0.6) is 0 Å². The van der Waals surface area contributed by atoms with Crippen LogP contribution in [0.25, 0.3) is 0 Å². The van der Waals surface area contributed by atoms with Gasteiger partial charge in [-0.2, -0.15) is 0 Å². The zero-order valence-electron chi connectivity index (χ0n) is 7.62. The van der Waals surface area contributed by atoms with Crippen molar-refractivity contribution in [2.45, 2.75) is 6.54 Å². The van der Waals surface area contributed by atoms with Crippen LogP contribution in [0.2, 0.25) is 5.02 Å². The quantitative estimate of drug-likeness (QED) is 0.825. The van der Waals surface area contributed by atoms with Crippen LogP contribution >= 0.6 is 11.6 Å². The first-order valence-corrected chi connectivity index (χ1v) is 6.15. The summed E-state index contributed by atoms with van der Waals surface area (Å²) in [4.78, 5) is 0. The summed E-state index contributed by atoms with van der Waals surface area (Å²) in [5, 5.41) is 0.532. The summed E-state index contributed by atoms with van der Waals surface area (Å²) in [5.74, 6) is 0. The standard InChI is InChI=1S/C8H11ClN2O2S/c1-14(12,13)11-8-3-2-7(9)4-6(8)5-10/h2-4,11H,5,10H2,1H3. The minimum Gasteiger partial charge on any atom is -0.326 e. The van der Waals surface area contributed by atoms with Crippen LogP contribution in [0, 0.1) is 0 Å². The van der Waals surface area contributed by atoms with Gasteiger partial charge >= 0.3 is 0 Å². The lowest BCUT2D eigenvalue weighted by Crippen LogP contribution is -2.12. The van der Waals surface area contributed by atoms with Gasteiger partial charge in [0.05, 0.1) is 11.9 Å². The second-order valence-electron chi connectivity index (χ2n) is 2.88. The molecule has 1 rings (SSSR count). The van der Waals surface area contributed by atoms with Crippen LogP contribution < -0.4 is 10.5 Å². The Morgan fingerprint density at radius 3 is 2.64 bits per heavy atom. The number of anilines is 1. The molecule has 0 aliphatic heterocycles. The Bertz CT molecular complexity index is 431. The Kier molecular flexibility index (Phi) is 3.36. The lowest BCUT2D eigenvalue weighted by molar-refractivity contribution is 0.606. The number of halogens is 1. The van der Waals surface area contributed by atoms with E-state index in [1.165, 1.54) is 0 Å². The molecule has 6 heteroatoms. The first kappa shape index (κ1) is 11.3. The summed E-state index contributed by atoms with van der Waals surface area (Å²) >= 11 is 5.73. The van der Waals surface area contributed by atoms with Crippen LogP contribution in [-0.4, -0.2) is 14.7 Å². The molecule has 0 heterocycles. The molecular weight excluding hydrogens is 224 g/mol. The Hall–Kier alpha value is -0.780. The van der Waals surface area contributed by atoms with E-state index < -0.39 is 10.0 Å². The molecule has 0 bridgehead atoms. The highest BCUT2D eigenvalue weighted by Crippen LogP contribution is 2.20. The van der Waals surface area contributed by atoms with Gasteiger partial charge in [-0.3, -0.25) is 4.72 Å². The van der Waals surface area contributed by atoms with Crippen molar-refractivity contribution in [2.24, 2.45) is 5.73 Å². The molecule has 0 unspecified atom stereocenters. The summed E-state index contributed by atoms with van der Waals surface area (Å²) in [7, 11) is -3.27. The van der Waals surface area contributed by atoms with E-state index in [1.807, 2.05) is 0 Å². The normalized spacial score (nSPS) is 11.4. The van der Waals surface area contributed by atoms with Crippen molar-refractivity contribution in [3.8, 4) is 0 Å². The molecule has 0 fully saturated rings. The van der Waals surface area contributed by atoms with E-state index in [-0.39, 0.29) is 6.54 Å². The number of benzene rings is 1. The number of hydrogen-bond acceptors (Lipinski definition) is 3. The Morgan fingerprint density at radius 2 is 2.14 bits per heavy atom. The molecule has 0 spiro atoms. The van der Waals surface area contributed by atoms with Crippen LogP contribution in [0.1, 0.15) is 5.56 Å². The monoisotopic (exact) mass is 234 g/mol. The largest absolute Gasteiger partial charge is 0.326 e. The molecule has 78 valence electrons. The van der Waals surface area contributed by atoms with Crippen LogP contribution in [-0.2, 0) is 16.6 Å². The molecule has 0 amide bonds. The molecule has 1 aromatic carbocycles. The SMILES string of the molecule is CS(=O)(=O)Nc1ccc(Cl)cc1CN. The van der Waals surface area contributed by atoms with E-state index >= 15 is 0 Å². The lowest BCUT2D eigenvalue weighted by atomic mass is 10.2. The number of sulfonamides is 1. The van der Waals surface area contributed by atoms with Crippen molar-refractivity contribution in [1.82, 2.24) is 0 Å². The van der Waals surface area contributed by atoms with E-state index in [1.54, 1.807) is 18.2 Å². The van der Waals surface area contributed by atoms with E-state index in [9.17, 15) is 8.42 Å². The third kappa shape index (κ3) is 3.17. The third-order valence-electron chi connectivity index (χ3n) is 1.58. The van der Waals surface area contributed by atoms with E-state index in [0.29, 0.717) is 16.3 Å². The van der Waals surface area contributed by atoms with Crippen molar-refractivity contribution < 1.29 is 8.42 Å². The Balaban J connectivity index is 3.09. The number of rotatable bonds is 3. The summed E-state index contributed by atoms with van der Waals surface area (Å²) in [6, 6.07) is 4.83. The molecule has 0 atom stereocenters. The van der Waals surface area contributed by atoms with Gasteiger partial charge < -0.3 is 5.73 Å². The predicted molar refractivity (Wildman–Crippen MR) is 57.8 cm³/mol. The highest BCUT2D eigenvalue weighted by molar-refractivity contribution is 7.92. The summed E-state index contributed by atoms with van der Waals surface area (Å²) in [6.45, 7) is 0.235. The minimum absolute atomic E-state index is 0.235. The highest BCUT2D eigenvalue weighted by Gasteiger charge is 2.06. The van der Waals surface area contributed by atoms with E-state index in [2.05, 4.69) is 4.72 Å². The number of nitrogens with two attached hydrogens (primary N) is 1. The van der Waals surface area contributed by atoms with Gasteiger partial charge in [-0.05, 0) is 23.8 Å². The molecular formula is C8H11ClN2O2S. The first-order valence-electron chi connectivity index (χ1n) is 3.88. The molecule has 3 N–H and O–H groups in total. The average molecular weight is 235 g/mol. The molecule has 0 saturated heterocycles. The van der Waals surface area contributed by atoms with Gasteiger partial charge in [0.2, 0.25) is 10.0 Å². The van der Waals surface area contributed by atoms with Gasteiger partial charge in [-0.1, -0.05) is 11.6 Å². The van der Waals surface area contributed by atoms with Crippen molar-refractivity contribution in [1.29, 1.82) is 0 Å². The minimum atomic E-state index is -3.27. The van der Waals surface area contributed by atoms with Gasteiger partial charge in [0.1, 0.15) is 0 Å². The summed E-state index contributed by atoms with van der Waals surface area (Å²) in [6.07, 6.45) is 1.09. The van der Waals surface area contributed by atoms with Gasteiger partial charge in [0, 0.05) is 11.6 Å². The number of hydrogen-bond donors (Lipinski definition) is 2. The topological polar surface area (TPSA) is 72.2 Å². The maximum absolute atomic E-state index is 11.0. The van der Waals surface area contributed by atoms with E-state index in [4.69, 9.17) is 17.3 Å². The van der Waals surface area contributed by atoms with Gasteiger partial charge in [-0.15, -0.1) is 0 Å². The molecule has 0 aromatic heterocycles. The smallest absolute Gasteiger partial charge is 0.229 e. The van der Waals surface area contributed by atoms with Gasteiger partial charge in [0.25, 0.3) is 0 Å². The van der Waals surface area contributed by atoms with Gasteiger partial charge in [-0.25, -0.2) is 8.42 Å². The summed E-state index contributed by atoms with van der Waals surface area (Å²) in [5.41, 5.74) is 6.59. The fraction of sp³-hybridized carbons (Fsp3) is 0.250. The lowest BCUT2D eigenvalue weighted by Gasteiger charge is -2.09. The average Bonchev–Trinajstić information content (AvgIpc) is 2.06. The number of nitrogens with one attached hydrogen (secondary N) is 1. The molecule has 0 aliphatic carbocycles. The fourth-order valence-corrected chi connectivity index (χ4v) is 1.82. The van der Waals surface area contributed by atoms with E-state index in [0.717, 1.165) is 6.26 Å². The van der Waals surface area contributed by atoms with Crippen molar-refractivity contribution in [2.75, 3.05) is 11.0 Å². The molecule has 0 aliphatic rings. The second-order valence-corrected chi connectivity index (χ2v) is 5.06. The Labute approximate surface area is 88.1 Å². The zero-order valence-corrected chi connectivity index (χ0v) is 9.19. The predicted octanol–water partition coefficient (Wildman–Crippen LogP) is 1.17.